The highest BCUT2D eigenvalue weighted by molar-refractivity contribution is 7.99. The topological polar surface area (TPSA) is 113 Å². The summed E-state index contributed by atoms with van der Waals surface area (Å²) in [5.74, 6) is 1.86. The fraction of sp³-hybridized carbons (Fsp3) is 0.436. The number of hydrogen-bond acceptors (Lipinski definition) is 9. The van der Waals surface area contributed by atoms with Gasteiger partial charge in [0.25, 0.3) is 5.91 Å². The molecule has 0 spiro atoms. The van der Waals surface area contributed by atoms with E-state index in [9.17, 15) is 14.7 Å². The van der Waals surface area contributed by atoms with Gasteiger partial charge in [-0.1, -0.05) is 42.1 Å². The maximum absolute atomic E-state index is 13.1. The summed E-state index contributed by atoms with van der Waals surface area (Å²) in [6.07, 6.45) is 4.33. The van der Waals surface area contributed by atoms with Crippen LogP contribution < -0.4 is 20.1 Å². The number of amides is 2. The van der Waals surface area contributed by atoms with Crippen molar-refractivity contribution in [2.45, 2.75) is 41.6 Å². The van der Waals surface area contributed by atoms with Gasteiger partial charge in [-0.25, -0.2) is 0 Å². The Morgan fingerprint density at radius 3 is 2.52 bits per heavy atom. The third-order valence-corrected chi connectivity index (χ3v) is 10.3. The van der Waals surface area contributed by atoms with Crippen LogP contribution in [0.25, 0.3) is 11.8 Å². The monoisotopic (exact) mass is 702 g/mol. The third kappa shape index (κ3) is 9.81. The Morgan fingerprint density at radius 2 is 1.76 bits per heavy atom. The quantitative estimate of drug-likeness (QED) is 0.171. The van der Waals surface area contributed by atoms with Gasteiger partial charge < -0.3 is 39.8 Å². The van der Waals surface area contributed by atoms with Crippen molar-refractivity contribution in [3.05, 3.63) is 82.9 Å². The Kier molecular flexibility index (Phi) is 13.6. The molecule has 1 fully saturated rings. The number of likely N-dealkylation sites (N-methyl/N-ethyl adjacent to an activating group) is 1. The molecule has 2 aliphatic heterocycles. The van der Waals surface area contributed by atoms with Crippen molar-refractivity contribution in [2.75, 3.05) is 74.2 Å². The van der Waals surface area contributed by atoms with Gasteiger partial charge in [-0.2, -0.15) is 0 Å². The molecule has 0 aromatic heterocycles. The van der Waals surface area contributed by atoms with Gasteiger partial charge in [0.15, 0.2) is 11.5 Å². The van der Waals surface area contributed by atoms with Crippen LogP contribution in [-0.2, 0) is 9.53 Å². The molecule has 10 nitrogen and oxygen atoms in total. The number of benzene rings is 3. The Bertz CT molecular complexity index is 1640. The van der Waals surface area contributed by atoms with E-state index in [1.54, 1.807) is 26.0 Å². The molecule has 2 aliphatic rings. The Morgan fingerprint density at radius 1 is 0.980 bits per heavy atom. The standard InChI is InChI=1S/C39H50N4O6S/c1-42(2)23-24-49-33-26-28-9-5-6-12-34(28)50-35-15-14-29(25-31(33)35)39(46)41-19-18-40-36(44)13-8-20-43-21-16-27(17-22-43)37(45)30-10-7-11-32(47-3)38(30)48-4/h5-7,9-12,14-15,25-27,37,45H,8,13,16-24H2,1-4H3,(H,40,44)(H,41,46)/t37-/m1/s1. The fourth-order valence-corrected chi connectivity index (χ4v) is 7.40. The number of nitrogens with one attached hydrogen (secondary N) is 2. The van der Waals surface area contributed by atoms with E-state index >= 15 is 0 Å². The van der Waals surface area contributed by atoms with Crippen LogP contribution in [0.5, 0.6) is 11.5 Å². The number of nitrogens with zero attached hydrogens (tertiary/aromatic N) is 2. The number of methoxy groups -OCH3 is 2. The molecule has 50 heavy (non-hydrogen) atoms. The van der Waals surface area contributed by atoms with Gasteiger partial charge in [0.05, 0.1) is 20.3 Å². The van der Waals surface area contributed by atoms with Gasteiger partial charge in [-0.15, -0.1) is 0 Å². The molecule has 2 amide bonds. The van der Waals surface area contributed by atoms with Crippen LogP contribution in [0, 0.1) is 5.92 Å². The summed E-state index contributed by atoms with van der Waals surface area (Å²) in [5.41, 5.74) is 3.28. The summed E-state index contributed by atoms with van der Waals surface area (Å²) in [6, 6.07) is 19.5. The highest BCUT2D eigenvalue weighted by Gasteiger charge is 2.29. The Labute approximate surface area is 300 Å². The molecule has 0 bridgehead atoms. The average molecular weight is 703 g/mol. The zero-order valence-corrected chi connectivity index (χ0v) is 30.4. The number of para-hydroxylation sites is 1. The molecular formula is C39H50N4O6S. The van der Waals surface area contributed by atoms with E-state index in [2.05, 4.69) is 38.6 Å². The molecular weight excluding hydrogens is 653 g/mol. The van der Waals surface area contributed by atoms with Crippen molar-refractivity contribution < 1.29 is 28.9 Å². The zero-order valence-electron chi connectivity index (χ0n) is 29.6. The number of carbonyl (C=O) groups excluding carboxylic acids is 2. The highest BCUT2D eigenvalue weighted by atomic mass is 32.2. The summed E-state index contributed by atoms with van der Waals surface area (Å²) in [7, 11) is 7.21. The van der Waals surface area contributed by atoms with E-state index < -0.39 is 6.10 Å². The normalized spacial score (nSPS) is 15.3. The molecule has 3 aromatic carbocycles. The van der Waals surface area contributed by atoms with Crippen LogP contribution in [0.4, 0.5) is 0 Å². The van der Waals surface area contributed by atoms with Crippen molar-refractivity contribution in [1.82, 2.24) is 20.4 Å². The second kappa shape index (κ2) is 18.3. The van der Waals surface area contributed by atoms with E-state index in [4.69, 9.17) is 14.2 Å². The number of carbonyl (C=O) groups is 2. The molecule has 11 heteroatoms. The van der Waals surface area contributed by atoms with Crippen LogP contribution in [0.2, 0.25) is 0 Å². The van der Waals surface area contributed by atoms with Gasteiger partial charge in [0.1, 0.15) is 12.4 Å². The first-order valence-corrected chi connectivity index (χ1v) is 18.2. The van der Waals surface area contributed by atoms with E-state index in [0.717, 1.165) is 77.7 Å². The zero-order chi connectivity index (χ0) is 35.5. The van der Waals surface area contributed by atoms with Crippen molar-refractivity contribution in [1.29, 1.82) is 0 Å². The summed E-state index contributed by atoms with van der Waals surface area (Å²) in [4.78, 5) is 32.2. The lowest BCUT2D eigenvalue weighted by molar-refractivity contribution is -0.121. The highest BCUT2D eigenvalue weighted by Crippen LogP contribution is 2.42. The molecule has 3 aromatic rings. The number of ether oxygens (including phenoxy) is 3. The van der Waals surface area contributed by atoms with Crippen molar-refractivity contribution >= 4 is 35.4 Å². The number of aliphatic hydroxyl groups is 1. The second-order valence-electron chi connectivity index (χ2n) is 12.9. The van der Waals surface area contributed by atoms with E-state index in [1.165, 1.54) is 0 Å². The molecule has 3 N–H and O–H groups in total. The van der Waals surface area contributed by atoms with E-state index in [-0.39, 0.29) is 17.7 Å². The number of piperidine rings is 1. The second-order valence-corrected chi connectivity index (χ2v) is 14.0. The predicted molar refractivity (Wildman–Crippen MR) is 198 cm³/mol. The summed E-state index contributed by atoms with van der Waals surface area (Å²) < 4.78 is 17.2. The van der Waals surface area contributed by atoms with Gasteiger partial charge in [0, 0.05) is 52.5 Å². The first-order chi connectivity index (χ1) is 24.3. The molecule has 268 valence electrons. The minimum Gasteiger partial charge on any atom is -0.493 e. The predicted octanol–water partition coefficient (Wildman–Crippen LogP) is 5.32. The molecule has 1 atom stereocenters. The Hall–Kier alpha value is -4.03. The number of likely N-dealkylation sites (tertiary alicyclic amines) is 1. The van der Waals surface area contributed by atoms with E-state index in [1.807, 2.05) is 62.6 Å². The van der Waals surface area contributed by atoms with Crippen LogP contribution in [-0.4, -0.2) is 101 Å². The van der Waals surface area contributed by atoms with Gasteiger partial charge in [-0.3, -0.25) is 9.59 Å². The Balaban J connectivity index is 1.03. The molecule has 1 saturated heterocycles. The van der Waals surface area contributed by atoms with Crippen LogP contribution in [0.3, 0.4) is 0 Å². The smallest absolute Gasteiger partial charge is 0.251 e. The number of aliphatic hydroxyl groups excluding tert-OH is 1. The van der Waals surface area contributed by atoms with Gasteiger partial charge in [0.2, 0.25) is 5.91 Å². The number of rotatable bonds is 16. The molecule has 0 unspecified atom stereocenters. The fourth-order valence-electron chi connectivity index (χ4n) is 6.36. The molecule has 0 saturated carbocycles. The number of hydrogen-bond donors (Lipinski definition) is 3. The maximum Gasteiger partial charge on any atom is 0.251 e. The minimum atomic E-state index is -0.622. The minimum absolute atomic E-state index is 0.0269. The van der Waals surface area contributed by atoms with Crippen LogP contribution in [0.1, 0.15) is 58.8 Å². The van der Waals surface area contributed by atoms with Gasteiger partial charge >= 0.3 is 0 Å². The summed E-state index contributed by atoms with van der Waals surface area (Å²) in [5, 5.41) is 17.0. The lowest BCUT2D eigenvalue weighted by Gasteiger charge is -2.34. The van der Waals surface area contributed by atoms with Crippen molar-refractivity contribution in [3.8, 4) is 11.5 Å². The summed E-state index contributed by atoms with van der Waals surface area (Å²) in [6.45, 7) is 4.57. The number of fused-ring (bicyclic) bond motifs is 2. The van der Waals surface area contributed by atoms with E-state index in [0.29, 0.717) is 43.2 Å². The molecule has 0 radical (unpaired) electrons. The SMILES string of the molecule is COc1cccc([C@H](O)C2CCN(CCCC(=O)NCCNC(=O)c3ccc4c(c3)C(OCCN(C)C)=Cc3ccccc3S4)CC2)c1OC. The third-order valence-electron chi connectivity index (χ3n) is 9.17. The van der Waals surface area contributed by atoms with Crippen LogP contribution >= 0.6 is 11.8 Å². The van der Waals surface area contributed by atoms with Crippen molar-refractivity contribution in [3.63, 3.8) is 0 Å². The van der Waals surface area contributed by atoms with Gasteiger partial charge in [-0.05, 0) is 101 Å². The first-order valence-electron chi connectivity index (χ1n) is 17.3. The molecule has 5 rings (SSSR count). The van der Waals surface area contributed by atoms with Crippen LogP contribution in [0.15, 0.2) is 70.5 Å². The average Bonchev–Trinajstić information content (AvgIpc) is 3.28. The summed E-state index contributed by atoms with van der Waals surface area (Å²) >= 11 is 1.67. The molecule has 0 aliphatic carbocycles. The lowest BCUT2D eigenvalue weighted by atomic mass is 9.87. The largest absolute Gasteiger partial charge is 0.493 e. The molecule has 2 heterocycles. The maximum atomic E-state index is 13.1. The first kappa shape index (κ1) is 37.2. The van der Waals surface area contributed by atoms with Crippen molar-refractivity contribution in [2.24, 2.45) is 5.92 Å². The lowest BCUT2D eigenvalue weighted by Crippen LogP contribution is -2.37.